The second-order valence-corrected chi connectivity index (χ2v) is 11.7. The van der Waals surface area contributed by atoms with Crippen LogP contribution in [0.3, 0.4) is 0 Å². The van der Waals surface area contributed by atoms with Crippen molar-refractivity contribution in [3.63, 3.8) is 0 Å². The Labute approximate surface area is 203 Å². The van der Waals surface area contributed by atoms with Crippen molar-refractivity contribution in [3.8, 4) is 0 Å². The van der Waals surface area contributed by atoms with Gasteiger partial charge in [-0.25, -0.2) is 12.7 Å². The molecule has 0 aromatic heterocycles. The number of likely N-dealkylation sites (tertiary alicyclic amines) is 1. The molecule has 0 saturated carbocycles. The van der Waals surface area contributed by atoms with E-state index in [0.717, 1.165) is 64.1 Å². The van der Waals surface area contributed by atoms with Gasteiger partial charge in [0.1, 0.15) is 0 Å². The number of rotatable bonds is 7. The Morgan fingerprint density at radius 2 is 1.65 bits per heavy atom. The molecule has 2 aliphatic rings. The zero-order chi connectivity index (χ0) is 24.1. The molecule has 0 bridgehead atoms. The monoisotopic (exact) mass is 484 g/mol. The predicted octanol–water partition coefficient (Wildman–Crippen LogP) is 3.32. The van der Waals surface area contributed by atoms with Crippen molar-refractivity contribution in [1.29, 1.82) is 0 Å². The van der Waals surface area contributed by atoms with Gasteiger partial charge < -0.3 is 10.2 Å². The quantitative estimate of drug-likeness (QED) is 0.653. The average molecular weight is 485 g/mol. The number of piperidine rings is 2. The molecule has 0 radical (unpaired) electrons. The molecule has 1 N–H and O–H groups in total. The summed E-state index contributed by atoms with van der Waals surface area (Å²) in [5, 5.41) is 3.21. The van der Waals surface area contributed by atoms with E-state index in [1.165, 1.54) is 30.4 Å². The van der Waals surface area contributed by atoms with Crippen LogP contribution in [0.4, 0.5) is 5.69 Å². The lowest BCUT2D eigenvalue weighted by Crippen LogP contribution is -2.44. The number of hydrogen-bond acceptors (Lipinski definition) is 5. The van der Waals surface area contributed by atoms with Crippen LogP contribution in [0, 0.1) is 0 Å². The van der Waals surface area contributed by atoms with Crippen LogP contribution in [0.25, 0.3) is 0 Å². The Balaban J connectivity index is 1.47. The Kier molecular flexibility index (Phi) is 7.91. The molecule has 0 aliphatic carbocycles. The van der Waals surface area contributed by atoms with Crippen LogP contribution in [0.5, 0.6) is 0 Å². The van der Waals surface area contributed by atoms with Gasteiger partial charge in [0.05, 0.1) is 10.5 Å². The number of nitrogens with one attached hydrogen (secondary N) is 1. The number of hydrogen-bond donors (Lipinski definition) is 1. The highest BCUT2D eigenvalue weighted by atomic mass is 32.2. The van der Waals surface area contributed by atoms with E-state index in [4.69, 9.17) is 0 Å². The number of carbonyl (C=O) groups excluding carboxylic acids is 1. The van der Waals surface area contributed by atoms with Gasteiger partial charge in [-0.15, -0.1) is 0 Å². The average Bonchev–Trinajstić information content (AvgIpc) is 2.86. The molecule has 1 amide bonds. The molecule has 8 heteroatoms. The zero-order valence-electron chi connectivity index (χ0n) is 20.2. The van der Waals surface area contributed by atoms with E-state index in [2.05, 4.69) is 39.4 Å². The third kappa shape index (κ3) is 5.79. The van der Waals surface area contributed by atoms with E-state index in [1.54, 1.807) is 18.2 Å². The molecule has 0 atom stereocenters. The molecule has 4 rings (SSSR count). The summed E-state index contributed by atoms with van der Waals surface area (Å²) >= 11 is 0. The highest BCUT2D eigenvalue weighted by molar-refractivity contribution is 7.89. The second kappa shape index (κ2) is 10.9. The molecule has 2 aromatic carbocycles. The van der Waals surface area contributed by atoms with Crippen LogP contribution < -0.4 is 10.2 Å². The summed E-state index contributed by atoms with van der Waals surface area (Å²) in [5.41, 5.74) is 2.59. The number of benzene rings is 2. The summed E-state index contributed by atoms with van der Waals surface area (Å²) in [5.74, 6) is -0.183. The first-order chi connectivity index (χ1) is 16.3. The first-order valence-electron chi connectivity index (χ1n) is 12.2. The molecule has 0 spiro atoms. The number of anilines is 1. The van der Waals surface area contributed by atoms with Crippen LogP contribution >= 0.6 is 0 Å². The normalized spacial score (nSPS) is 18.3. The first kappa shape index (κ1) is 24.7. The maximum absolute atomic E-state index is 13.4. The van der Waals surface area contributed by atoms with Crippen molar-refractivity contribution in [2.45, 2.75) is 49.6 Å². The maximum Gasteiger partial charge on any atom is 0.253 e. The van der Waals surface area contributed by atoms with Gasteiger partial charge in [-0.3, -0.25) is 9.69 Å². The fourth-order valence-electron chi connectivity index (χ4n) is 4.82. The largest absolute Gasteiger partial charge is 0.371 e. The third-order valence-electron chi connectivity index (χ3n) is 6.86. The van der Waals surface area contributed by atoms with Crippen LogP contribution in [0.1, 0.15) is 48.0 Å². The molecule has 2 aromatic rings. The number of carbonyl (C=O) groups is 1. The van der Waals surface area contributed by atoms with Gasteiger partial charge >= 0.3 is 0 Å². The lowest BCUT2D eigenvalue weighted by atomic mass is 10.0. The van der Waals surface area contributed by atoms with Gasteiger partial charge in [-0.1, -0.05) is 30.3 Å². The highest BCUT2D eigenvalue weighted by Crippen LogP contribution is 2.28. The van der Waals surface area contributed by atoms with Crippen molar-refractivity contribution in [3.05, 3.63) is 59.7 Å². The molecule has 0 unspecified atom stereocenters. The molecule has 2 heterocycles. The van der Waals surface area contributed by atoms with Crippen molar-refractivity contribution in [1.82, 2.24) is 14.5 Å². The molecule has 184 valence electrons. The topological polar surface area (TPSA) is 73.0 Å². The van der Waals surface area contributed by atoms with Gasteiger partial charge in [0, 0.05) is 58.5 Å². The second-order valence-electron chi connectivity index (χ2n) is 9.52. The van der Waals surface area contributed by atoms with Crippen molar-refractivity contribution in [2.24, 2.45) is 0 Å². The molecule has 7 nitrogen and oxygen atoms in total. The number of sulfonamides is 1. The van der Waals surface area contributed by atoms with Crippen LogP contribution in [-0.2, 0) is 16.6 Å². The summed E-state index contributed by atoms with van der Waals surface area (Å²) in [7, 11) is -0.601. The molecular formula is C26H36N4O3S. The van der Waals surface area contributed by atoms with Gasteiger partial charge in [-0.2, -0.15) is 0 Å². The lowest BCUT2D eigenvalue weighted by Gasteiger charge is -2.33. The third-order valence-corrected chi connectivity index (χ3v) is 8.67. The molecule has 2 aliphatic heterocycles. The van der Waals surface area contributed by atoms with Gasteiger partial charge in [0.25, 0.3) is 5.91 Å². The van der Waals surface area contributed by atoms with Gasteiger partial charge in [0.2, 0.25) is 10.0 Å². The Morgan fingerprint density at radius 1 is 0.971 bits per heavy atom. The Bertz CT molecular complexity index is 1070. The van der Waals surface area contributed by atoms with Gasteiger partial charge in [0.15, 0.2) is 0 Å². The van der Waals surface area contributed by atoms with E-state index in [0.29, 0.717) is 5.56 Å². The van der Waals surface area contributed by atoms with E-state index in [1.807, 2.05) is 6.07 Å². The SMILES string of the molecule is CN(C)S(=O)(=O)c1ccc(N2CCCCC2)c(C(=O)NC2CCN(Cc3ccccc3)CC2)c1. The van der Waals surface area contributed by atoms with Crippen LogP contribution in [-0.4, -0.2) is 69.8 Å². The molecular weight excluding hydrogens is 448 g/mol. The van der Waals surface area contributed by atoms with Crippen LogP contribution in [0.2, 0.25) is 0 Å². The smallest absolute Gasteiger partial charge is 0.253 e. The van der Waals surface area contributed by atoms with Crippen LogP contribution in [0.15, 0.2) is 53.4 Å². The molecule has 34 heavy (non-hydrogen) atoms. The Morgan fingerprint density at radius 3 is 2.29 bits per heavy atom. The fraction of sp³-hybridized carbons (Fsp3) is 0.500. The first-order valence-corrected chi connectivity index (χ1v) is 13.7. The summed E-state index contributed by atoms with van der Waals surface area (Å²) in [6.45, 7) is 4.54. The highest BCUT2D eigenvalue weighted by Gasteiger charge is 2.26. The van der Waals surface area contributed by atoms with Crippen molar-refractivity contribution < 1.29 is 13.2 Å². The summed E-state index contributed by atoms with van der Waals surface area (Å²) in [6, 6.07) is 15.5. The van der Waals surface area contributed by atoms with E-state index >= 15 is 0 Å². The summed E-state index contributed by atoms with van der Waals surface area (Å²) < 4.78 is 26.7. The minimum absolute atomic E-state index is 0.0860. The maximum atomic E-state index is 13.4. The number of nitrogens with zero attached hydrogens (tertiary/aromatic N) is 3. The molecule has 2 fully saturated rings. The van der Waals surface area contributed by atoms with Crippen molar-refractivity contribution in [2.75, 3.05) is 45.2 Å². The standard InChI is InChI=1S/C26H36N4O3S/c1-28(2)34(32,33)23-11-12-25(30-15-7-4-8-16-30)24(19-23)26(31)27-22-13-17-29(18-14-22)20-21-9-5-3-6-10-21/h3,5-6,9-12,19,22H,4,7-8,13-18,20H2,1-2H3,(H,27,31). The number of amides is 1. The summed E-state index contributed by atoms with van der Waals surface area (Å²) in [6.07, 6.45) is 5.12. The summed E-state index contributed by atoms with van der Waals surface area (Å²) in [4.78, 5) is 18.2. The van der Waals surface area contributed by atoms with E-state index < -0.39 is 10.0 Å². The van der Waals surface area contributed by atoms with E-state index in [-0.39, 0.29) is 16.8 Å². The zero-order valence-corrected chi connectivity index (χ0v) is 21.1. The van der Waals surface area contributed by atoms with Gasteiger partial charge in [-0.05, 0) is 55.9 Å². The Hall–Kier alpha value is -2.42. The lowest BCUT2D eigenvalue weighted by molar-refractivity contribution is 0.0909. The predicted molar refractivity (Wildman–Crippen MR) is 136 cm³/mol. The van der Waals surface area contributed by atoms with E-state index in [9.17, 15) is 13.2 Å². The van der Waals surface area contributed by atoms with Crippen molar-refractivity contribution >= 4 is 21.6 Å². The minimum Gasteiger partial charge on any atom is -0.371 e. The fourth-order valence-corrected chi connectivity index (χ4v) is 5.75. The molecule has 2 saturated heterocycles. The minimum atomic E-state index is -3.62.